The highest BCUT2D eigenvalue weighted by atomic mass is 32.2. The average Bonchev–Trinajstić information content (AvgIpc) is 2.93. The number of nitrogen functional groups attached to an aromatic ring is 1. The van der Waals surface area contributed by atoms with E-state index in [4.69, 9.17) is 5.73 Å². The zero-order valence-electron chi connectivity index (χ0n) is 14.3. The van der Waals surface area contributed by atoms with Crippen LogP contribution in [0.15, 0.2) is 35.4 Å². The molecule has 1 unspecified atom stereocenters. The number of benzene rings is 1. The summed E-state index contributed by atoms with van der Waals surface area (Å²) in [6.45, 7) is 2.85. The van der Waals surface area contributed by atoms with Crippen LogP contribution in [-0.2, 0) is 21.9 Å². The zero-order chi connectivity index (χ0) is 17.7. The van der Waals surface area contributed by atoms with E-state index in [0.717, 1.165) is 42.5 Å². The van der Waals surface area contributed by atoms with E-state index >= 15 is 0 Å². The number of nitrogens with zero attached hydrogens (tertiary/aromatic N) is 3. The lowest BCUT2D eigenvalue weighted by Gasteiger charge is -2.39. The summed E-state index contributed by atoms with van der Waals surface area (Å²) in [4.78, 5) is 8.97. The van der Waals surface area contributed by atoms with Gasteiger partial charge in [-0.15, -0.1) is 0 Å². The largest absolute Gasteiger partial charge is 0.368 e. The number of fused-ring (bicyclic) bond motifs is 2. The van der Waals surface area contributed by atoms with Crippen LogP contribution in [-0.4, -0.2) is 35.8 Å². The molecule has 132 valence electrons. The number of nitrogens with two attached hydrogens (primary N) is 1. The quantitative estimate of drug-likeness (QED) is 0.887. The van der Waals surface area contributed by atoms with Crippen molar-refractivity contribution in [1.29, 1.82) is 0 Å². The molecule has 0 amide bonds. The van der Waals surface area contributed by atoms with Crippen molar-refractivity contribution in [3.63, 3.8) is 0 Å². The minimum atomic E-state index is -3.51. The van der Waals surface area contributed by atoms with E-state index in [1.165, 1.54) is 0 Å². The van der Waals surface area contributed by atoms with E-state index in [1.807, 2.05) is 19.1 Å². The molecular weight excluding hydrogens is 336 g/mol. The number of sulfonamides is 1. The van der Waals surface area contributed by atoms with Crippen LogP contribution < -0.4 is 5.73 Å². The Morgan fingerprint density at radius 3 is 2.84 bits per heavy atom. The fraction of sp³-hybridized carbons (Fsp3) is 0.444. The fourth-order valence-electron chi connectivity index (χ4n) is 4.23. The van der Waals surface area contributed by atoms with Gasteiger partial charge >= 0.3 is 0 Å². The highest BCUT2D eigenvalue weighted by Crippen LogP contribution is 2.45. The van der Waals surface area contributed by atoms with Crippen molar-refractivity contribution in [2.75, 3.05) is 18.8 Å². The maximum absolute atomic E-state index is 13.2. The Kier molecular flexibility index (Phi) is 3.81. The second-order valence-corrected chi connectivity index (χ2v) is 9.00. The molecule has 2 aliphatic rings. The van der Waals surface area contributed by atoms with E-state index in [-0.39, 0.29) is 11.4 Å². The van der Waals surface area contributed by atoms with Crippen LogP contribution in [0.2, 0.25) is 0 Å². The van der Waals surface area contributed by atoms with Crippen LogP contribution in [0.5, 0.6) is 0 Å². The number of rotatable bonds is 2. The molecule has 6 nitrogen and oxygen atoms in total. The smallest absolute Gasteiger partial charge is 0.243 e. The van der Waals surface area contributed by atoms with Gasteiger partial charge in [-0.2, -0.15) is 4.31 Å². The summed E-state index contributed by atoms with van der Waals surface area (Å²) in [6.07, 6.45) is 5.35. The standard InChI is InChI=1S/C18H22N4O2S/c1-13-5-2-3-6-15(13)25(23,24)22-10-4-8-18(12-22)9-7-14-11-20-17(19)21-16(14)18/h2-3,5-6,11H,4,7-10,12H2,1H3,(H2,19,20,21). The molecule has 2 heterocycles. The van der Waals surface area contributed by atoms with Gasteiger partial charge in [0, 0.05) is 24.7 Å². The summed E-state index contributed by atoms with van der Waals surface area (Å²) in [5.41, 5.74) is 8.39. The van der Waals surface area contributed by atoms with Gasteiger partial charge in [0.05, 0.1) is 10.6 Å². The molecule has 1 fully saturated rings. The lowest BCUT2D eigenvalue weighted by Crippen LogP contribution is -2.48. The predicted molar refractivity (Wildman–Crippen MR) is 95.6 cm³/mol. The van der Waals surface area contributed by atoms with Crippen LogP contribution in [0, 0.1) is 6.92 Å². The van der Waals surface area contributed by atoms with Gasteiger partial charge in [-0.3, -0.25) is 0 Å². The number of piperidine rings is 1. The first-order chi connectivity index (χ1) is 11.9. The lowest BCUT2D eigenvalue weighted by atomic mass is 9.78. The lowest BCUT2D eigenvalue weighted by molar-refractivity contribution is 0.219. The van der Waals surface area contributed by atoms with Gasteiger partial charge in [0.1, 0.15) is 0 Å². The Labute approximate surface area is 148 Å². The SMILES string of the molecule is Cc1ccccc1S(=O)(=O)N1CCCC2(CCc3cnc(N)nc32)C1. The topological polar surface area (TPSA) is 89.2 Å². The monoisotopic (exact) mass is 358 g/mol. The summed E-state index contributed by atoms with van der Waals surface area (Å²) >= 11 is 0. The number of hydrogen-bond donors (Lipinski definition) is 1. The number of anilines is 1. The van der Waals surface area contributed by atoms with Crippen LogP contribution in [0.3, 0.4) is 0 Å². The molecule has 2 N–H and O–H groups in total. The van der Waals surface area contributed by atoms with Gasteiger partial charge in [0.2, 0.25) is 16.0 Å². The minimum absolute atomic E-state index is 0.236. The molecule has 1 aromatic heterocycles. The fourth-order valence-corrected chi connectivity index (χ4v) is 6.02. The first kappa shape index (κ1) is 16.5. The van der Waals surface area contributed by atoms with Crippen molar-refractivity contribution in [3.05, 3.63) is 47.3 Å². The zero-order valence-corrected chi connectivity index (χ0v) is 15.1. The Morgan fingerprint density at radius 1 is 1.24 bits per heavy atom. The van der Waals surface area contributed by atoms with Crippen LogP contribution in [0.4, 0.5) is 5.95 Å². The van der Waals surface area contributed by atoms with E-state index in [0.29, 0.717) is 18.0 Å². The molecule has 0 bridgehead atoms. The van der Waals surface area contributed by atoms with Gasteiger partial charge in [0.25, 0.3) is 0 Å². The van der Waals surface area contributed by atoms with Crippen molar-refractivity contribution in [1.82, 2.24) is 14.3 Å². The van der Waals surface area contributed by atoms with Crippen molar-refractivity contribution < 1.29 is 8.42 Å². The second kappa shape index (κ2) is 5.78. The first-order valence-corrected chi connectivity index (χ1v) is 10.0. The normalized spacial score (nSPS) is 23.7. The third-order valence-corrected chi connectivity index (χ3v) is 7.52. The van der Waals surface area contributed by atoms with Gasteiger partial charge in [0.15, 0.2) is 0 Å². The van der Waals surface area contributed by atoms with Gasteiger partial charge in [-0.1, -0.05) is 18.2 Å². The first-order valence-electron chi connectivity index (χ1n) is 8.60. The van der Waals surface area contributed by atoms with Crippen LogP contribution in [0.25, 0.3) is 0 Å². The van der Waals surface area contributed by atoms with E-state index in [1.54, 1.807) is 22.6 Å². The summed E-state index contributed by atoms with van der Waals surface area (Å²) in [7, 11) is -3.51. The highest BCUT2D eigenvalue weighted by Gasteiger charge is 2.46. The predicted octanol–water partition coefficient (Wildman–Crippen LogP) is 2.04. The van der Waals surface area contributed by atoms with E-state index in [2.05, 4.69) is 9.97 Å². The van der Waals surface area contributed by atoms with Crippen molar-refractivity contribution in [3.8, 4) is 0 Å². The second-order valence-electron chi connectivity index (χ2n) is 7.09. The van der Waals surface area contributed by atoms with E-state index in [9.17, 15) is 8.42 Å². The summed E-state index contributed by atoms with van der Waals surface area (Å²) in [5.74, 6) is 0.263. The maximum atomic E-state index is 13.2. The average molecular weight is 358 g/mol. The number of aryl methyl sites for hydroxylation is 2. The highest BCUT2D eigenvalue weighted by molar-refractivity contribution is 7.89. The van der Waals surface area contributed by atoms with Gasteiger partial charge in [-0.25, -0.2) is 18.4 Å². The molecule has 1 aliphatic heterocycles. The molecule has 1 spiro atoms. The Balaban J connectivity index is 1.72. The van der Waals surface area contributed by atoms with Crippen LogP contribution >= 0.6 is 0 Å². The molecule has 7 heteroatoms. The molecule has 1 aromatic carbocycles. The van der Waals surface area contributed by atoms with Gasteiger partial charge in [-0.05, 0) is 49.8 Å². The summed E-state index contributed by atoms with van der Waals surface area (Å²) < 4.78 is 28.0. The molecule has 1 atom stereocenters. The Morgan fingerprint density at radius 2 is 2.04 bits per heavy atom. The molecule has 0 radical (unpaired) electrons. The third kappa shape index (κ3) is 2.62. The van der Waals surface area contributed by atoms with Crippen LogP contribution in [0.1, 0.15) is 36.1 Å². The summed E-state index contributed by atoms with van der Waals surface area (Å²) in [5, 5.41) is 0. The molecule has 0 saturated carbocycles. The van der Waals surface area contributed by atoms with Crippen molar-refractivity contribution >= 4 is 16.0 Å². The molecule has 1 aliphatic carbocycles. The molecule has 1 saturated heterocycles. The number of aromatic nitrogens is 2. The maximum Gasteiger partial charge on any atom is 0.243 e. The Hall–Kier alpha value is -1.99. The molecular formula is C18H22N4O2S. The number of hydrogen-bond acceptors (Lipinski definition) is 5. The Bertz CT molecular complexity index is 924. The molecule has 2 aromatic rings. The summed E-state index contributed by atoms with van der Waals surface area (Å²) in [6, 6.07) is 7.16. The van der Waals surface area contributed by atoms with Crippen molar-refractivity contribution in [2.45, 2.75) is 42.9 Å². The molecule has 4 rings (SSSR count). The van der Waals surface area contributed by atoms with Gasteiger partial charge < -0.3 is 5.73 Å². The third-order valence-electron chi connectivity index (χ3n) is 5.51. The van der Waals surface area contributed by atoms with Crippen molar-refractivity contribution in [2.24, 2.45) is 0 Å². The molecule has 25 heavy (non-hydrogen) atoms. The van der Waals surface area contributed by atoms with E-state index < -0.39 is 10.0 Å². The minimum Gasteiger partial charge on any atom is -0.368 e.